The number of likely N-dealkylation sites (tertiary alicyclic amines) is 1. The first-order chi connectivity index (χ1) is 11.8. The normalized spacial score (nSPS) is 22.4. The summed E-state index contributed by atoms with van der Waals surface area (Å²) < 4.78 is 0. The zero-order valence-corrected chi connectivity index (χ0v) is 18.9. The van der Waals surface area contributed by atoms with Crippen LogP contribution in [-0.4, -0.2) is 73.7 Å². The topological polar surface area (TPSA) is 42.9 Å². The first kappa shape index (κ1) is 23.0. The highest BCUT2D eigenvalue weighted by Crippen LogP contribution is 2.26. The number of nitrogens with zero attached hydrogens (tertiary/aromatic N) is 3. The maximum absolute atomic E-state index is 4.80. The minimum atomic E-state index is 0. The van der Waals surface area contributed by atoms with Crippen molar-refractivity contribution in [2.45, 2.75) is 71.4 Å². The summed E-state index contributed by atoms with van der Waals surface area (Å²) >= 11 is 0. The Morgan fingerprint density at radius 2 is 1.88 bits per heavy atom. The van der Waals surface area contributed by atoms with E-state index >= 15 is 0 Å². The van der Waals surface area contributed by atoms with Gasteiger partial charge in [0, 0.05) is 38.3 Å². The molecule has 1 aliphatic heterocycles. The molecule has 5 nitrogen and oxygen atoms in total. The smallest absolute Gasteiger partial charge is 0.191 e. The van der Waals surface area contributed by atoms with E-state index in [1.807, 2.05) is 0 Å². The Labute approximate surface area is 172 Å². The third-order valence-electron chi connectivity index (χ3n) is 5.42. The van der Waals surface area contributed by atoms with E-state index in [1.165, 1.54) is 58.2 Å². The van der Waals surface area contributed by atoms with Gasteiger partial charge in [0.15, 0.2) is 5.96 Å². The number of nitrogens with one attached hydrogen (secondary N) is 2. The van der Waals surface area contributed by atoms with Crippen LogP contribution in [0.3, 0.4) is 0 Å². The Morgan fingerprint density at radius 3 is 2.52 bits per heavy atom. The van der Waals surface area contributed by atoms with Crippen LogP contribution in [0.1, 0.15) is 59.3 Å². The van der Waals surface area contributed by atoms with Crippen molar-refractivity contribution < 1.29 is 0 Å². The van der Waals surface area contributed by atoms with E-state index in [-0.39, 0.29) is 24.0 Å². The van der Waals surface area contributed by atoms with E-state index in [4.69, 9.17) is 4.99 Å². The predicted molar refractivity (Wildman–Crippen MR) is 119 cm³/mol. The monoisotopic (exact) mass is 465 g/mol. The maximum atomic E-state index is 4.80. The number of hydrogen-bond donors (Lipinski definition) is 2. The van der Waals surface area contributed by atoms with Crippen LogP contribution in [0.4, 0.5) is 0 Å². The van der Waals surface area contributed by atoms with E-state index in [0.717, 1.165) is 38.2 Å². The summed E-state index contributed by atoms with van der Waals surface area (Å²) in [6, 6.07) is 1.41. The Hall–Kier alpha value is -0.0800. The van der Waals surface area contributed by atoms with Gasteiger partial charge in [-0.3, -0.25) is 9.89 Å². The Morgan fingerprint density at radius 1 is 1.12 bits per heavy atom. The molecule has 0 amide bonds. The highest BCUT2D eigenvalue weighted by molar-refractivity contribution is 14.0. The Kier molecular flexibility index (Phi) is 12.1. The fourth-order valence-electron chi connectivity index (χ4n) is 4.07. The van der Waals surface area contributed by atoms with Gasteiger partial charge >= 0.3 is 0 Å². The highest BCUT2D eigenvalue weighted by Gasteiger charge is 2.30. The van der Waals surface area contributed by atoms with Gasteiger partial charge in [-0.05, 0) is 45.7 Å². The molecule has 148 valence electrons. The Bertz CT molecular complexity index is 371. The van der Waals surface area contributed by atoms with Crippen LogP contribution < -0.4 is 10.6 Å². The summed E-state index contributed by atoms with van der Waals surface area (Å²) in [7, 11) is 0. The molecule has 1 heterocycles. The molecule has 0 bridgehead atoms. The summed E-state index contributed by atoms with van der Waals surface area (Å²) in [4.78, 5) is 9.98. The van der Waals surface area contributed by atoms with Crippen LogP contribution in [0.2, 0.25) is 0 Å². The molecule has 0 aromatic heterocycles. The van der Waals surface area contributed by atoms with Gasteiger partial charge in [-0.25, -0.2) is 0 Å². The average molecular weight is 465 g/mol. The van der Waals surface area contributed by atoms with Gasteiger partial charge < -0.3 is 15.5 Å². The van der Waals surface area contributed by atoms with Crippen molar-refractivity contribution in [2.24, 2.45) is 4.99 Å². The summed E-state index contributed by atoms with van der Waals surface area (Å²) in [6.07, 6.45) is 8.13. The lowest BCUT2D eigenvalue weighted by Gasteiger charge is -2.24. The lowest BCUT2D eigenvalue weighted by molar-refractivity contribution is 0.242. The Balaban J connectivity index is 0.00000312. The second-order valence-electron chi connectivity index (χ2n) is 7.26. The van der Waals surface area contributed by atoms with Crippen molar-refractivity contribution in [3.8, 4) is 0 Å². The van der Waals surface area contributed by atoms with Crippen molar-refractivity contribution in [1.29, 1.82) is 0 Å². The number of aliphatic imine (C=N–C) groups is 1. The van der Waals surface area contributed by atoms with Crippen molar-refractivity contribution in [2.75, 3.05) is 45.8 Å². The van der Waals surface area contributed by atoms with Crippen LogP contribution in [-0.2, 0) is 0 Å². The molecule has 2 aliphatic rings. The maximum Gasteiger partial charge on any atom is 0.191 e. The lowest BCUT2D eigenvalue weighted by Crippen LogP contribution is -2.45. The van der Waals surface area contributed by atoms with Gasteiger partial charge in [0.05, 0.1) is 6.54 Å². The molecular formula is C19H40IN5. The summed E-state index contributed by atoms with van der Waals surface area (Å²) in [5.74, 6) is 1.00. The molecule has 0 spiro atoms. The summed E-state index contributed by atoms with van der Waals surface area (Å²) in [6.45, 7) is 14.2. The van der Waals surface area contributed by atoms with Gasteiger partial charge in [0.2, 0.25) is 0 Å². The van der Waals surface area contributed by atoms with Gasteiger partial charge in [-0.15, -0.1) is 24.0 Å². The van der Waals surface area contributed by atoms with Gasteiger partial charge in [-0.1, -0.05) is 26.7 Å². The number of halogens is 1. The second kappa shape index (κ2) is 13.1. The van der Waals surface area contributed by atoms with Gasteiger partial charge in [0.1, 0.15) is 0 Å². The first-order valence-electron chi connectivity index (χ1n) is 10.3. The van der Waals surface area contributed by atoms with Crippen molar-refractivity contribution >= 4 is 29.9 Å². The molecule has 6 heteroatoms. The molecule has 2 fully saturated rings. The van der Waals surface area contributed by atoms with E-state index in [2.05, 4.69) is 41.2 Å². The predicted octanol–water partition coefficient (Wildman–Crippen LogP) is 2.91. The molecule has 2 rings (SSSR count). The van der Waals surface area contributed by atoms with Gasteiger partial charge in [0.25, 0.3) is 0 Å². The third kappa shape index (κ3) is 7.99. The number of likely N-dealkylation sites (N-methyl/N-ethyl adjacent to an activating group) is 1. The minimum Gasteiger partial charge on any atom is -0.357 e. The van der Waals surface area contributed by atoms with Crippen molar-refractivity contribution in [1.82, 2.24) is 20.4 Å². The molecule has 1 saturated heterocycles. The fraction of sp³-hybridized carbons (Fsp3) is 0.947. The number of guanidine groups is 1. The minimum absolute atomic E-state index is 0. The number of rotatable bonds is 9. The SMILES string of the molecule is CCCN(CC)CCN=C(NCC)NC1CCN(C2CCCC2)C1.I. The molecule has 1 atom stereocenters. The first-order valence-corrected chi connectivity index (χ1v) is 10.3. The zero-order valence-electron chi connectivity index (χ0n) is 16.6. The van der Waals surface area contributed by atoms with E-state index in [0.29, 0.717) is 6.04 Å². The molecule has 1 saturated carbocycles. The second-order valence-corrected chi connectivity index (χ2v) is 7.26. The summed E-state index contributed by atoms with van der Waals surface area (Å²) in [5, 5.41) is 7.09. The third-order valence-corrected chi connectivity index (χ3v) is 5.42. The van der Waals surface area contributed by atoms with E-state index in [1.54, 1.807) is 0 Å². The van der Waals surface area contributed by atoms with Crippen LogP contribution in [0, 0.1) is 0 Å². The molecule has 0 aromatic carbocycles. The highest BCUT2D eigenvalue weighted by atomic mass is 127. The lowest BCUT2D eigenvalue weighted by atomic mass is 10.2. The standard InChI is InChI=1S/C19H39N5.HI/c1-4-13-23(6-3)15-12-21-19(20-5-2)22-17-11-14-24(16-17)18-9-7-8-10-18;/h17-18H,4-16H2,1-3H3,(H2,20,21,22);1H. The van der Waals surface area contributed by atoms with Gasteiger partial charge in [-0.2, -0.15) is 0 Å². The summed E-state index contributed by atoms with van der Waals surface area (Å²) in [5.41, 5.74) is 0. The van der Waals surface area contributed by atoms with E-state index < -0.39 is 0 Å². The van der Waals surface area contributed by atoms with Crippen LogP contribution >= 0.6 is 24.0 Å². The molecule has 0 radical (unpaired) electrons. The molecule has 25 heavy (non-hydrogen) atoms. The van der Waals surface area contributed by atoms with Crippen molar-refractivity contribution in [3.63, 3.8) is 0 Å². The molecule has 2 N–H and O–H groups in total. The molecular weight excluding hydrogens is 425 g/mol. The quantitative estimate of drug-likeness (QED) is 0.312. The van der Waals surface area contributed by atoms with Crippen LogP contribution in [0.15, 0.2) is 4.99 Å². The van der Waals surface area contributed by atoms with Crippen molar-refractivity contribution in [3.05, 3.63) is 0 Å². The fourth-order valence-corrected chi connectivity index (χ4v) is 4.07. The van der Waals surface area contributed by atoms with Crippen LogP contribution in [0.5, 0.6) is 0 Å². The molecule has 1 aliphatic carbocycles. The number of hydrogen-bond acceptors (Lipinski definition) is 3. The molecule has 1 unspecified atom stereocenters. The van der Waals surface area contributed by atoms with E-state index in [9.17, 15) is 0 Å². The molecule has 0 aromatic rings. The van der Waals surface area contributed by atoms with Crippen LogP contribution in [0.25, 0.3) is 0 Å². The average Bonchev–Trinajstić information content (AvgIpc) is 3.25. The zero-order chi connectivity index (χ0) is 17.2. The largest absolute Gasteiger partial charge is 0.357 e.